The topological polar surface area (TPSA) is 18.5 Å². The standard InChI is InChI=1S/C10H15O2PS2.Na/c1-8(2)12-13(14,15)10-6-4-9(11-3)5-7-10;/h4-8H,1-3H3,(H,14,15);/q;+1/p-1. The van der Waals surface area contributed by atoms with E-state index in [0.29, 0.717) is 0 Å². The minimum Gasteiger partial charge on any atom is -0.715 e. The van der Waals surface area contributed by atoms with Crippen molar-refractivity contribution in [3.8, 4) is 5.75 Å². The second kappa shape index (κ2) is 7.42. The Balaban J connectivity index is 0.00000225. The van der Waals surface area contributed by atoms with E-state index >= 15 is 0 Å². The maximum absolute atomic E-state index is 5.60. The molecule has 1 rings (SSSR count). The molecule has 2 nitrogen and oxygen atoms in total. The molecule has 0 amide bonds. The van der Waals surface area contributed by atoms with Gasteiger partial charge in [-0.15, -0.1) is 0 Å². The predicted molar refractivity (Wildman–Crippen MR) is 70.5 cm³/mol. The summed E-state index contributed by atoms with van der Waals surface area (Å²) in [6.07, 6.45) is 0.0652. The van der Waals surface area contributed by atoms with Gasteiger partial charge in [0.05, 0.1) is 13.2 Å². The fourth-order valence-electron chi connectivity index (χ4n) is 1.10. The van der Waals surface area contributed by atoms with E-state index < -0.39 is 5.47 Å². The van der Waals surface area contributed by atoms with E-state index in [9.17, 15) is 0 Å². The Labute approximate surface area is 130 Å². The number of ether oxygens (including phenoxy) is 1. The van der Waals surface area contributed by atoms with E-state index in [1.165, 1.54) is 0 Å². The monoisotopic (exact) mass is 284 g/mol. The summed E-state index contributed by atoms with van der Waals surface area (Å²) in [6.45, 7) is 3.88. The van der Waals surface area contributed by atoms with Crippen molar-refractivity contribution in [3.63, 3.8) is 0 Å². The van der Waals surface area contributed by atoms with Crippen LogP contribution >= 0.6 is 5.47 Å². The molecule has 1 unspecified atom stereocenters. The van der Waals surface area contributed by atoms with Gasteiger partial charge in [0.1, 0.15) is 5.75 Å². The molecule has 6 heteroatoms. The number of benzene rings is 1. The average Bonchev–Trinajstić information content (AvgIpc) is 2.16. The van der Waals surface area contributed by atoms with Crippen molar-refractivity contribution in [2.75, 3.05) is 7.11 Å². The summed E-state index contributed by atoms with van der Waals surface area (Å²) in [5.74, 6) is 0.799. The summed E-state index contributed by atoms with van der Waals surface area (Å²) >= 11 is 10.7. The van der Waals surface area contributed by atoms with E-state index in [0.717, 1.165) is 11.1 Å². The molecule has 84 valence electrons. The summed E-state index contributed by atoms with van der Waals surface area (Å²) in [4.78, 5) is 0. The molecule has 0 N–H and O–H groups in total. The summed E-state index contributed by atoms with van der Waals surface area (Å²) < 4.78 is 10.7. The molecule has 0 saturated carbocycles. The third-order valence-electron chi connectivity index (χ3n) is 1.74. The van der Waals surface area contributed by atoms with Gasteiger partial charge in [-0.25, -0.2) is 0 Å². The van der Waals surface area contributed by atoms with Crippen LogP contribution in [-0.2, 0) is 28.6 Å². The zero-order valence-corrected chi connectivity index (χ0v) is 14.5. The minimum absolute atomic E-state index is 0. The molecule has 0 fully saturated rings. The second-order valence-corrected chi connectivity index (χ2v) is 8.85. The molecule has 0 aromatic heterocycles. The Hall–Kier alpha value is 0.980. The molecule has 0 aliphatic rings. The average molecular weight is 284 g/mol. The van der Waals surface area contributed by atoms with Gasteiger partial charge >= 0.3 is 29.6 Å². The number of methoxy groups -OCH3 is 1. The maximum atomic E-state index is 5.60. The quantitative estimate of drug-likeness (QED) is 0.425. The molecule has 0 radical (unpaired) electrons. The first-order chi connectivity index (χ1) is 6.95. The number of rotatable bonds is 4. The predicted octanol–water partition coefficient (Wildman–Crippen LogP) is -0.394. The van der Waals surface area contributed by atoms with Crippen molar-refractivity contribution in [3.05, 3.63) is 24.3 Å². The van der Waals surface area contributed by atoms with Crippen molar-refractivity contribution >= 4 is 34.8 Å². The van der Waals surface area contributed by atoms with Gasteiger partial charge in [-0.05, 0) is 48.9 Å². The van der Waals surface area contributed by atoms with Gasteiger partial charge < -0.3 is 21.5 Å². The second-order valence-electron chi connectivity index (χ2n) is 3.35. The molecule has 0 saturated heterocycles. The molecular weight excluding hydrogens is 270 g/mol. The van der Waals surface area contributed by atoms with Crippen molar-refractivity contribution < 1.29 is 38.8 Å². The zero-order valence-electron chi connectivity index (χ0n) is 9.97. The molecule has 1 atom stereocenters. The number of hydrogen-bond acceptors (Lipinski definition) is 4. The first-order valence-corrected chi connectivity index (χ1v) is 8.33. The van der Waals surface area contributed by atoms with Gasteiger partial charge in [0.15, 0.2) is 0 Å². The van der Waals surface area contributed by atoms with Crippen LogP contribution in [0.15, 0.2) is 24.3 Å². The van der Waals surface area contributed by atoms with Crippen LogP contribution in [0.5, 0.6) is 5.75 Å². The van der Waals surface area contributed by atoms with Crippen molar-refractivity contribution in [1.29, 1.82) is 0 Å². The van der Waals surface area contributed by atoms with E-state index in [4.69, 9.17) is 33.3 Å². The fourth-order valence-corrected chi connectivity index (χ4v) is 4.06. The van der Waals surface area contributed by atoms with Crippen molar-refractivity contribution in [1.82, 2.24) is 0 Å². The summed E-state index contributed by atoms with van der Waals surface area (Å²) in [7, 11) is 1.63. The Morgan fingerprint density at radius 2 is 1.75 bits per heavy atom. The zero-order chi connectivity index (χ0) is 11.5. The van der Waals surface area contributed by atoms with Crippen LogP contribution in [0, 0.1) is 0 Å². The van der Waals surface area contributed by atoms with Crippen LogP contribution in [0.2, 0.25) is 0 Å². The largest absolute Gasteiger partial charge is 1.00 e. The van der Waals surface area contributed by atoms with Gasteiger partial charge in [-0.3, -0.25) is 0 Å². The molecule has 0 spiro atoms. The van der Waals surface area contributed by atoms with E-state index in [1.807, 2.05) is 38.1 Å². The molecule has 0 heterocycles. The first-order valence-electron chi connectivity index (χ1n) is 4.60. The van der Waals surface area contributed by atoms with Crippen LogP contribution in [0.4, 0.5) is 0 Å². The smallest absolute Gasteiger partial charge is 0.715 e. The van der Waals surface area contributed by atoms with Gasteiger partial charge in [-0.2, -0.15) is 0 Å². The SMILES string of the molecule is COc1ccc(P(=S)([S-])OC(C)C)cc1.[Na+]. The number of hydrogen-bond donors (Lipinski definition) is 0. The van der Waals surface area contributed by atoms with E-state index in [2.05, 4.69) is 0 Å². The molecule has 0 aliphatic heterocycles. The Morgan fingerprint density at radius 3 is 2.12 bits per heavy atom. The first kappa shape index (κ1) is 17.0. The Bertz CT molecular complexity index is 368. The molecule has 0 aliphatic carbocycles. The molecular formula is C10H14NaO2PS2. The van der Waals surface area contributed by atoms with Gasteiger partial charge in [-0.1, -0.05) is 11.8 Å². The van der Waals surface area contributed by atoms with Crippen molar-refractivity contribution in [2.45, 2.75) is 20.0 Å². The van der Waals surface area contributed by atoms with Gasteiger partial charge in [0, 0.05) is 0 Å². The third-order valence-corrected chi connectivity index (χ3v) is 5.15. The van der Waals surface area contributed by atoms with E-state index in [1.54, 1.807) is 7.11 Å². The maximum Gasteiger partial charge on any atom is 1.00 e. The Kier molecular flexibility index (Phi) is 7.88. The van der Waals surface area contributed by atoms with E-state index in [-0.39, 0.29) is 35.7 Å². The van der Waals surface area contributed by atoms with Crippen molar-refractivity contribution in [2.24, 2.45) is 0 Å². The minimum atomic E-state index is -2.27. The summed E-state index contributed by atoms with van der Waals surface area (Å²) in [5.41, 5.74) is -2.27. The van der Waals surface area contributed by atoms with Crippen LogP contribution in [0.1, 0.15) is 13.8 Å². The van der Waals surface area contributed by atoms with Crippen LogP contribution in [0.3, 0.4) is 0 Å². The van der Waals surface area contributed by atoms with Crippen LogP contribution in [0.25, 0.3) is 0 Å². The van der Waals surface area contributed by atoms with Gasteiger partial charge in [0.25, 0.3) is 0 Å². The fraction of sp³-hybridized carbons (Fsp3) is 0.400. The molecule has 1 aromatic rings. The Morgan fingerprint density at radius 1 is 1.25 bits per heavy atom. The normalized spacial score (nSPS) is 14.1. The van der Waals surface area contributed by atoms with Gasteiger partial charge in [0.2, 0.25) is 0 Å². The van der Waals surface area contributed by atoms with Crippen LogP contribution in [-0.4, -0.2) is 13.2 Å². The molecule has 16 heavy (non-hydrogen) atoms. The molecule has 1 aromatic carbocycles. The summed E-state index contributed by atoms with van der Waals surface area (Å²) in [5, 5.41) is 0.905. The third kappa shape index (κ3) is 5.09. The molecule has 0 bridgehead atoms. The summed E-state index contributed by atoms with van der Waals surface area (Å²) in [6, 6.07) is 7.47. The van der Waals surface area contributed by atoms with Crippen LogP contribution < -0.4 is 39.6 Å².